The van der Waals surface area contributed by atoms with E-state index in [2.05, 4.69) is 4.72 Å². The van der Waals surface area contributed by atoms with Crippen molar-refractivity contribution in [2.24, 2.45) is 0 Å². The number of hydrogen-bond donors (Lipinski definition) is 2. The number of rotatable bonds is 6. The van der Waals surface area contributed by atoms with Gasteiger partial charge in [0.15, 0.2) is 0 Å². The van der Waals surface area contributed by atoms with Gasteiger partial charge in [0.2, 0.25) is 10.0 Å². The molecule has 5 nitrogen and oxygen atoms in total. The molecular formula is C12H18F3N3O2S. The fraction of sp³-hybridized carbons (Fsp3) is 0.500. The predicted octanol–water partition coefficient (Wildman–Crippen LogP) is 1.96. The largest absolute Gasteiger partial charge is 0.405 e. The smallest absolute Gasteiger partial charge is 0.398 e. The topological polar surface area (TPSA) is 75.4 Å². The molecule has 0 atom stereocenters. The van der Waals surface area contributed by atoms with Gasteiger partial charge in [0.25, 0.3) is 0 Å². The standard InChI is InChI=1S/C12H18F3N3O2S/c1-3-6-18(8-12(13,14)15)9-4-5-11(10(16)7-9)21(19,20)17-2/h4-5,7,17H,3,6,8,16H2,1-2H3. The van der Waals surface area contributed by atoms with E-state index in [4.69, 9.17) is 5.73 Å². The molecule has 0 radical (unpaired) electrons. The summed E-state index contributed by atoms with van der Waals surface area (Å²) in [5, 5.41) is 0. The maximum atomic E-state index is 12.6. The number of halogens is 3. The number of nitrogen functional groups attached to an aromatic ring is 1. The minimum atomic E-state index is -4.35. The van der Waals surface area contributed by atoms with Gasteiger partial charge in [0.05, 0.1) is 5.69 Å². The molecule has 0 bridgehead atoms. The van der Waals surface area contributed by atoms with Gasteiger partial charge < -0.3 is 10.6 Å². The second kappa shape index (κ2) is 6.52. The Morgan fingerprint density at radius 3 is 2.38 bits per heavy atom. The Kier molecular flexibility index (Phi) is 5.46. The van der Waals surface area contributed by atoms with Crippen LogP contribution in [0, 0.1) is 0 Å². The van der Waals surface area contributed by atoms with Gasteiger partial charge in [-0.1, -0.05) is 6.92 Å². The van der Waals surface area contributed by atoms with Crippen LogP contribution in [0.4, 0.5) is 24.5 Å². The lowest BCUT2D eigenvalue weighted by molar-refractivity contribution is -0.119. The van der Waals surface area contributed by atoms with E-state index in [0.717, 1.165) is 4.90 Å². The van der Waals surface area contributed by atoms with E-state index in [1.54, 1.807) is 6.92 Å². The molecule has 0 aliphatic heterocycles. The van der Waals surface area contributed by atoms with Crippen LogP contribution in [0.15, 0.2) is 23.1 Å². The van der Waals surface area contributed by atoms with Crippen molar-refractivity contribution in [1.29, 1.82) is 0 Å². The van der Waals surface area contributed by atoms with E-state index in [9.17, 15) is 21.6 Å². The maximum Gasteiger partial charge on any atom is 0.405 e. The van der Waals surface area contributed by atoms with Crippen LogP contribution in [0.5, 0.6) is 0 Å². The first-order chi connectivity index (χ1) is 9.60. The van der Waals surface area contributed by atoms with Crippen molar-refractivity contribution in [3.63, 3.8) is 0 Å². The van der Waals surface area contributed by atoms with Gasteiger partial charge in [0, 0.05) is 12.2 Å². The Hall–Kier alpha value is -1.48. The average molecular weight is 325 g/mol. The van der Waals surface area contributed by atoms with E-state index in [1.807, 2.05) is 0 Å². The molecule has 0 unspecified atom stereocenters. The Bertz CT molecular complexity index is 588. The molecule has 21 heavy (non-hydrogen) atoms. The van der Waals surface area contributed by atoms with E-state index in [0.29, 0.717) is 6.42 Å². The quantitative estimate of drug-likeness (QED) is 0.784. The third-order valence-corrected chi connectivity index (χ3v) is 4.27. The number of nitrogens with two attached hydrogens (primary N) is 1. The predicted molar refractivity (Wildman–Crippen MR) is 75.7 cm³/mol. The molecule has 0 aliphatic rings. The van der Waals surface area contributed by atoms with Crippen LogP contribution in [-0.4, -0.2) is 34.7 Å². The molecule has 0 aromatic heterocycles. The summed E-state index contributed by atoms with van der Waals surface area (Å²) in [5.74, 6) is 0. The molecule has 0 saturated heterocycles. The zero-order valence-corrected chi connectivity index (χ0v) is 12.6. The third-order valence-electron chi connectivity index (χ3n) is 2.78. The highest BCUT2D eigenvalue weighted by Crippen LogP contribution is 2.27. The summed E-state index contributed by atoms with van der Waals surface area (Å²) in [5.41, 5.74) is 5.80. The summed E-state index contributed by atoms with van der Waals surface area (Å²) in [6.07, 6.45) is -3.83. The molecule has 0 heterocycles. The van der Waals surface area contributed by atoms with Crippen LogP contribution >= 0.6 is 0 Å². The Labute approximate surface area is 122 Å². The van der Waals surface area contributed by atoms with Crippen molar-refractivity contribution in [1.82, 2.24) is 4.72 Å². The Morgan fingerprint density at radius 1 is 1.33 bits per heavy atom. The molecule has 0 saturated carbocycles. The number of hydrogen-bond acceptors (Lipinski definition) is 4. The molecule has 1 rings (SSSR count). The first-order valence-electron chi connectivity index (χ1n) is 6.25. The van der Waals surface area contributed by atoms with Crippen molar-refractivity contribution in [3.8, 4) is 0 Å². The van der Waals surface area contributed by atoms with Crippen LogP contribution in [0.3, 0.4) is 0 Å². The highest BCUT2D eigenvalue weighted by molar-refractivity contribution is 7.89. The zero-order valence-electron chi connectivity index (χ0n) is 11.7. The molecule has 3 N–H and O–H groups in total. The lowest BCUT2D eigenvalue weighted by Crippen LogP contribution is -2.35. The monoisotopic (exact) mass is 325 g/mol. The lowest BCUT2D eigenvalue weighted by atomic mass is 10.2. The third kappa shape index (κ3) is 4.78. The number of sulfonamides is 1. The molecule has 1 aromatic carbocycles. The fourth-order valence-electron chi connectivity index (χ4n) is 1.87. The maximum absolute atomic E-state index is 12.6. The van der Waals surface area contributed by atoms with Crippen LogP contribution in [0.1, 0.15) is 13.3 Å². The highest BCUT2D eigenvalue weighted by atomic mass is 32.2. The summed E-state index contributed by atoms with van der Waals surface area (Å²) < 4.78 is 63.1. The Morgan fingerprint density at radius 2 is 1.95 bits per heavy atom. The Balaban J connectivity index is 3.15. The van der Waals surface area contributed by atoms with Crippen LogP contribution in [0.2, 0.25) is 0 Å². The number of benzene rings is 1. The molecule has 9 heteroatoms. The van der Waals surface area contributed by atoms with Crippen molar-refractivity contribution in [3.05, 3.63) is 18.2 Å². The summed E-state index contributed by atoms with van der Waals surface area (Å²) in [6, 6.07) is 3.77. The van der Waals surface area contributed by atoms with E-state index in [-0.39, 0.29) is 22.8 Å². The van der Waals surface area contributed by atoms with Gasteiger partial charge >= 0.3 is 6.18 Å². The SMILES string of the molecule is CCCN(CC(F)(F)F)c1ccc(S(=O)(=O)NC)c(N)c1. The molecule has 1 aromatic rings. The number of anilines is 2. The average Bonchev–Trinajstić information content (AvgIpc) is 2.36. The van der Waals surface area contributed by atoms with Crippen molar-refractivity contribution in [2.45, 2.75) is 24.4 Å². The van der Waals surface area contributed by atoms with Gasteiger partial charge in [-0.05, 0) is 31.7 Å². The van der Waals surface area contributed by atoms with Crippen LogP contribution < -0.4 is 15.4 Å². The summed E-state index contributed by atoms with van der Waals surface area (Å²) >= 11 is 0. The molecule has 0 spiro atoms. The van der Waals surface area contributed by atoms with Gasteiger partial charge in [-0.2, -0.15) is 13.2 Å². The number of nitrogens with zero attached hydrogens (tertiary/aromatic N) is 1. The summed E-state index contributed by atoms with van der Waals surface area (Å²) in [6.45, 7) is 0.835. The van der Waals surface area contributed by atoms with Crippen molar-refractivity contribution in [2.75, 3.05) is 30.8 Å². The lowest BCUT2D eigenvalue weighted by Gasteiger charge is -2.26. The molecule has 120 valence electrons. The fourth-order valence-corrected chi connectivity index (χ4v) is 2.71. The summed E-state index contributed by atoms with van der Waals surface area (Å²) in [4.78, 5) is 0.962. The van der Waals surface area contributed by atoms with Gasteiger partial charge in [-0.15, -0.1) is 0 Å². The second-order valence-corrected chi connectivity index (χ2v) is 6.32. The van der Waals surface area contributed by atoms with Crippen LogP contribution in [-0.2, 0) is 10.0 Å². The van der Waals surface area contributed by atoms with Gasteiger partial charge in [-0.3, -0.25) is 0 Å². The normalized spacial score (nSPS) is 12.4. The van der Waals surface area contributed by atoms with Crippen molar-refractivity contribution < 1.29 is 21.6 Å². The molecule has 0 amide bonds. The summed E-state index contributed by atoms with van der Waals surface area (Å²) in [7, 11) is -2.50. The first kappa shape index (κ1) is 17.6. The first-order valence-corrected chi connectivity index (χ1v) is 7.74. The molecule has 0 fully saturated rings. The minimum Gasteiger partial charge on any atom is -0.398 e. The van der Waals surface area contributed by atoms with E-state index < -0.39 is 22.7 Å². The van der Waals surface area contributed by atoms with Crippen LogP contribution in [0.25, 0.3) is 0 Å². The number of alkyl halides is 3. The van der Waals surface area contributed by atoms with E-state index >= 15 is 0 Å². The minimum absolute atomic E-state index is 0.0925. The highest BCUT2D eigenvalue weighted by Gasteiger charge is 2.31. The van der Waals surface area contributed by atoms with Gasteiger partial charge in [-0.25, -0.2) is 13.1 Å². The zero-order chi connectivity index (χ0) is 16.3. The molecule has 0 aliphatic carbocycles. The van der Waals surface area contributed by atoms with E-state index in [1.165, 1.54) is 25.2 Å². The number of nitrogens with one attached hydrogen (secondary N) is 1. The molecular weight excluding hydrogens is 307 g/mol. The second-order valence-electron chi connectivity index (χ2n) is 4.47. The van der Waals surface area contributed by atoms with Crippen molar-refractivity contribution >= 4 is 21.4 Å². The van der Waals surface area contributed by atoms with Gasteiger partial charge in [0.1, 0.15) is 11.4 Å².